The van der Waals surface area contributed by atoms with E-state index in [4.69, 9.17) is 0 Å². The highest BCUT2D eigenvalue weighted by atomic mass is 32.2. The molecule has 3 rings (SSSR count). The first-order valence-electron chi connectivity index (χ1n) is 8.34. The number of sulfonamides is 2. The molecule has 1 aromatic carbocycles. The Labute approximate surface area is 144 Å². The van der Waals surface area contributed by atoms with Gasteiger partial charge in [0.1, 0.15) is 0 Å². The van der Waals surface area contributed by atoms with Crippen molar-refractivity contribution in [3.63, 3.8) is 0 Å². The average Bonchev–Trinajstić information content (AvgIpc) is 2.60. The summed E-state index contributed by atoms with van der Waals surface area (Å²) in [6.45, 7) is 2.62. The topological polar surface area (TPSA) is 83.6 Å². The van der Waals surface area contributed by atoms with Crippen LogP contribution < -0.4 is 4.72 Å². The van der Waals surface area contributed by atoms with E-state index in [1.54, 1.807) is 41.6 Å². The van der Waals surface area contributed by atoms with E-state index < -0.39 is 20.0 Å². The van der Waals surface area contributed by atoms with Crippen LogP contribution in [0.2, 0.25) is 0 Å². The van der Waals surface area contributed by atoms with Gasteiger partial charge in [-0.15, -0.1) is 0 Å². The molecule has 0 radical (unpaired) electrons. The molecule has 2 fully saturated rings. The van der Waals surface area contributed by atoms with Crippen LogP contribution in [0.3, 0.4) is 0 Å². The highest BCUT2D eigenvalue weighted by molar-refractivity contribution is 7.89. The van der Waals surface area contributed by atoms with Gasteiger partial charge in [0.25, 0.3) is 0 Å². The molecule has 1 aliphatic carbocycles. The first-order chi connectivity index (χ1) is 11.3. The van der Waals surface area contributed by atoms with Gasteiger partial charge in [0, 0.05) is 19.1 Å². The second kappa shape index (κ2) is 6.40. The fourth-order valence-corrected chi connectivity index (χ4v) is 6.22. The monoisotopic (exact) mass is 372 g/mol. The van der Waals surface area contributed by atoms with Crippen molar-refractivity contribution >= 4 is 20.0 Å². The van der Waals surface area contributed by atoms with Crippen LogP contribution in [0.25, 0.3) is 0 Å². The van der Waals surface area contributed by atoms with Gasteiger partial charge in [0.05, 0.1) is 10.6 Å². The Morgan fingerprint density at radius 1 is 1.08 bits per heavy atom. The molecule has 1 aromatic rings. The van der Waals surface area contributed by atoms with Crippen LogP contribution in [0.1, 0.15) is 32.6 Å². The molecule has 1 atom stereocenters. The second-order valence-corrected chi connectivity index (χ2v) is 10.7. The number of rotatable bonds is 5. The van der Waals surface area contributed by atoms with Crippen LogP contribution in [0.5, 0.6) is 0 Å². The molecule has 1 spiro atoms. The Kier molecular flexibility index (Phi) is 4.76. The van der Waals surface area contributed by atoms with E-state index in [2.05, 4.69) is 4.72 Å². The summed E-state index contributed by atoms with van der Waals surface area (Å²) in [6.07, 6.45) is 3.20. The summed E-state index contributed by atoms with van der Waals surface area (Å²) in [5, 5.41) is 0. The van der Waals surface area contributed by atoms with Gasteiger partial charge in [-0.05, 0) is 50.2 Å². The van der Waals surface area contributed by atoms with Crippen LogP contribution in [-0.2, 0) is 20.0 Å². The fraction of sp³-hybridized carbons (Fsp3) is 0.625. The lowest BCUT2D eigenvalue weighted by Crippen LogP contribution is -2.59. The Morgan fingerprint density at radius 2 is 1.71 bits per heavy atom. The van der Waals surface area contributed by atoms with Crippen LogP contribution in [0.15, 0.2) is 35.2 Å². The van der Waals surface area contributed by atoms with Crippen LogP contribution in [0, 0.1) is 5.41 Å². The Bertz CT molecular complexity index is 783. The Hall–Kier alpha value is -0.960. The predicted octanol–water partition coefficient (Wildman–Crippen LogP) is 1.56. The third-order valence-corrected chi connectivity index (χ3v) is 8.87. The zero-order chi connectivity index (χ0) is 17.4. The van der Waals surface area contributed by atoms with Crippen LogP contribution in [-0.4, -0.2) is 46.0 Å². The van der Waals surface area contributed by atoms with Crippen molar-refractivity contribution < 1.29 is 16.8 Å². The lowest BCUT2D eigenvalue weighted by Gasteiger charge is -2.53. The van der Waals surface area contributed by atoms with E-state index in [9.17, 15) is 16.8 Å². The maximum absolute atomic E-state index is 12.5. The predicted molar refractivity (Wildman–Crippen MR) is 92.5 cm³/mol. The zero-order valence-electron chi connectivity index (χ0n) is 13.8. The summed E-state index contributed by atoms with van der Waals surface area (Å²) in [4.78, 5) is 0.276. The second-order valence-electron chi connectivity index (χ2n) is 6.69. The highest BCUT2D eigenvalue weighted by Crippen LogP contribution is 2.49. The normalized spacial score (nSPS) is 24.6. The van der Waals surface area contributed by atoms with Gasteiger partial charge >= 0.3 is 0 Å². The summed E-state index contributed by atoms with van der Waals surface area (Å²) in [5.41, 5.74) is -0.0956. The molecule has 1 saturated carbocycles. The maximum atomic E-state index is 12.5. The van der Waals surface area contributed by atoms with Crippen molar-refractivity contribution in [2.24, 2.45) is 5.41 Å². The SMILES string of the molecule is CCS(=O)(=O)N1CCC2(CC[C@H]2NS(=O)(=O)c2ccccc2)CC1. The number of piperidine rings is 1. The molecule has 6 nitrogen and oxygen atoms in total. The third-order valence-electron chi connectivity index (χ3n) is 5.50. The summed E-state index contributed by atoms with van der Waals surface area (Å²) < 4.78 is 53.4. The molecule has 0 unspecified atom stereocenters. The summed E-state index contributed by atoms with van der Waals surface area (Å²) >= 11 is 0. The lowest BCUT2D eigenvalue weighted by atomic mass is 9.60. The first-order valence-corrected chi connectivity index (χ1v) is 11.4. The summed E-state index contributed by atoms with van der Waals surface area (Å²) in [6, 6.07) is 8.27. The van der Waals surface area contributed by atoms with Gasteiger partial charge in [-0.1, -0.05) is 18.2 Å². The molecule has 1 aliphatic heterocycles. The standard InChI is InChI=1S/C16H24N2O4S2/c1-2-23(19,20)18-12-10-16(11-13-18)9-8-15(16)17-24(21,22)14-6-4-3-5-7-14/h3-7,15,17H,2,8-13H2,1H3/t15-/m1/s1. The van der Waals surface area contributed by atoms with Gasteiger partial charge in [-0.2, -0.15) is 0 Å². The molecular weight excluding hydrogens is 348 g/mol. The van der Waals surface area contributed by atoms with E-state index >= 15 is 0 Å². The van der Waals surface area contributed by atoms with Crippen molar-refractivity contribution in [3.05, 3.63) is 30.3 Å². The third kappa shape index (κ3) is 3.24. The molecular formula is C16H24N2O4S2. The van der Waals surface area contributed by atoms with Gasteiger partial charge < -0.3 is 0 Å². The van der Waals surface area contributed by atoms with E-state index in [0.717, 1.165) is 12.8 Å². The van der Waals surface area contributed by atoms with Crippen LogP contribution >= 0.6 is 0 Å². The molecule has 0 amide bonds. The molecule has 1 N–H and O–H groups in total. The minimum absolute atomic E-state index is 0.0956. The van der Waals surface area contributed by atoms with Gasteiger partial charge in [-0.25, -0.2) is 25.9 Å². The minimum atomic E-state index is -3.52. The van der Waals surface area contributed by atoms with E-state index in [1.807, 2.05) is 0 Å². The van der Waals surface area contributed by atoms with E-state index in [1.165, 1.54) is 0 Å². The molecule has 0 aromatic heterocycles. The van der Waals surface area contributed by atoms with Crippen molar-refractivity contribution in [3.8, 4) is 0 Å². The number of hydrogen-bond acceptors (Lipinski definition) is 4. The average molecular weight is 373 g/mol. The van der Waals surface area contributed by atoms with Crippen molar-refractivity contribution in [2.45, 2.75) is 43.5 Å². The molecule has 1 heterocycles. The largest absolute Gasteiger partial charge is 0.240 e. The van der Waals surface area contributed by atoms with Crippen molar-refractivity contribution in [2.75, 3.05) is 18.8 Å². The number of nitrogens with zero attached hydrogens (tertiary/aromatic N) is 1. The summed E-state index contributed by atoms with van der Waals surface area (Å²) in [7, 11) is -6.68. The number of hydrogen-bond donors (Lipinski definition) is 1. The number of benzene rings is 1. The molecule has 0 bridgehead atoms. The van der Waals surface area contributed by atoms with E-state index in [-0.39, 0.29) is 22.1 Å². The summed E-state index contributed by atoms with van der Waals surface area (Å²) in [5.74, 6) is 0.115. The molecule has 8 heteroatoms. The Balaban J connectivity index is 1.68. The maximum Gasteiger partial charge on any atom is 0.240 e. The fourth-order valence-electron chi connectivity index (χ4n) is 3.73. The molecule has 24 heavy (non-hydrogen) atoms. The molecule has 1 saturated heterocycles. The van der Waals surface area contributed by atoms with Crippen molar-refractivity contribution in [1.82, 2.24) is 9.03 Å². The molecule has 2 aliphatic rings. The van der Waals surface area contributed by atoms with Crippen molar-refractivity contribution in [1.29, 1.82) is 0 Å². The zero-order valence-corrected chi connectivity index (χ0v) is 15.4. The van der Waals surface area contributed by atoms with Gasteiger partial charge in [0.2, 0.25) is 20.0 Å². The lowest BCUT2D eigenvalue weighted by molar-refractivity contribution is 0.0239. The smallest absolute Gasteiger partial charge is 0.212 e. The van der Waals surface area contributed by atoms with Gasteiger partial charge in [0.15, 0.2) is 0 Å². The Morgan fingerprint density at radius 3 is 2.21 bits per heavy atom. The van der Waals surface area contributed by atoms with E-state index in [0.29, 0.717) is 25.9 Å². The highest BCUT2D eigenvalue weighted by Gasteiger charge is 2.50. The molecule has 134 valence electrons. The van der Waals surface area contributed by atoms with Crippen LogP contribution in [0.4, 0.5) is 0 Å². The van der Waals surface area contributed by atoms with Gasteiger partial charge in [-0.3, -0.25) is 0 Å². The quantitative estimate of drug-likeness (QED) is 0.850. The first kappa shape index (κ1) is 17.8. The minimum Gasteiger partial charge on any atom is -0.212 e. The number of nitrogens with one attached hydrogen (secondary N) is 1.